The topological polar surface area (TPSA) is 3.24 Å². The van der Waals surface area contributed by atoms with Gasteiger partial charge in [0.25, 0.3) is 0 Å². The van der Waals surface area contributed by atoms with Gasteiger partial charge in [0.05, 0.1) is 0 Å². The third-order valence-corrected chi connectivity index (χ3v) is 10.4. The molecule has 0 fully saturated rings. The minimum absolute atomic E-state index is 0.978. The second-order valence-electron chi connectivity index (χ2n) is 8.87. The van der Waals surface area contributed by atoms with E-state index in [2.05, 4.69) is 136 Å². The van der Waals surface area contributed by atoms with Crippen LogP contribution in [-0.2, 0) is 6.42 Å². The molecule has 5 aromatic carbocycles. The summed E-state index contributed by atoms with van der Waals surface area (Å²) < 4.78 is 1.11. The Morgan fingerprint density at radius 2 is 1.53 bits per heavy atom. The SMILES string of the molecule is Brc1ccc2c(c1)N(c1ccccc1)c1cc3cccc4c3c(c1[Si]2c1ccccc1)CC=C4. The van der Waals surface area contributed by atoms with Crippen molar-refractivity contribution in [2.45, 2.75) is 6.42 Å². The third-order valence-electron chi connectivity index (χ3n) is 6.94. The summed E-state index contributed by atoms with van der Waals surface area (Å²) in [5.41, 5.74) is 6.64. The summed E-state index contributed by atoms with van der Waals surface area (Å²) >= 11 is 3.77. The van der Waals surface area contributed by atoms with E-state index in [9.17, 15) is 0 Å². The molecular weight excluding hydrogens is 494 g/mol. The predicted octanol–water partition coefficient (Wildman–Crippen LogP) is 6.47. The summed E-state index contributed by atoms with van der Waals surface area (Å²) in [7, 11) is -1.21. The van der Waals surface area contributed by atoms with Crippen molar-refractivity contribution in [1.82, 2.24) is 0 Å². The normalized spacial score (nSPS) is 14.2. The van der Waals surface area contributed by atoms with Gasteiger partial charge in [0.2, 0.25) is 0 Å². The van der Waals surface area contributed by atoms with Gasteiger partial charge in [-0.2, -0.15) is 0 Å². The van der Waals surface area contributed by atoms with Gasteiger partial charge in [0.15, 0.2) is 8.80 Å². The number of nitrogens with zero attached hydrogens (tertiary/aromatic N) is 1. The molecule has 2 aliphatic rings. The molecule has 7 rings (SSSR count). The van der Waals surface area contributed by atoms with Gasteiger partial charge >= 0.3 is 0 Å². The molecule has 0 saturated heterocycles. The Bertz CT molecular complexity index is 1590. The van der Waals surface area contributed by atoms with E-state index in [-0.39, 0.29) is 0 Å². The molecule has 0 unspecified atom stereocenters. The Morgan fingerprint density at radius 1 is 0.735 bits per heavy atom. The van der Waals surface area contributed by atoms with Crippen LogP contribution in [0.25, 0.3) is 16.8 Å². The maximum Gasteiger partial charge on any atom is 0.160 e. The van der Waals surface area contributed by atoms with Crippen molar-refractivity contribution in [1.29, 1.82) is 0 Å². The fourth-order valence-electron chi connectivity index (χ4n) is 5.58. The van der Waals surface area contributed by atoms with Crippen LogP contribution < -0.4 is 20.5 Å². The average molecular weight is 516 g/mol. The number of allylic oxidation sites excluding steroid dienone is 1. The van der Waals surface area contributed by atoms with Crippen molar-refractivity contribution in [2.75, 3.05) is 4.90 Å². The van der Waals surface area contributed by atoms with Crippen LogP contribution in [0.3, 0.4) is 0 Å². The second-order valence-corrected chi connectivity index (χ2v) is 12.2. The van der Waals surface area contributed by atoms with Crippen LogP contribution in [0.15, 0.2) is 114 Å². The molecule has 1 radical (unpaired) electrons. The maximum absolute atomic E-state index is 3.77. The standard InChI is InChI=1S/C31H21BrNSi/c32-23-17-18-29-27(20-23)33(24-12-3-1-4-13-24)28-19-22-11-7-9-21-10-8-16-26(30(21)22)31(28)34(29)25-14-5-2-6-15-25/h1-15,17-20H,16H2. The number of hydrogen-bond acceptors (Lipinski definition) is 1. The van der Waals surface area contributed by atoms with Gasteiger partial charge in [-0.15, -0.1) is 0 Å². The Balaban J connectivity index is 1.64. The maximum atomic E-state index is 3.77. The average Bonchev–Trinajstić information content (AvgIpc) is 2.89. The molecule has 3 heteroatoms. The predicted molar refractivity (Wildman–Crippen MR) is 150 cm³/mol. The highest BCUT2D eigenvalue weighted by Crippen LogP contribution is 2.41. The van der Waals surface area contributed by atoms with Gasteiger partial charge in [-0.3, -0.25) is 0 Å². The first-order valence-electron chi connectivity index (χ1n) is 11.6. The van der Waals surface area contributed by atoms with E-state index in [1.54, 1.807) is 0 Å². The van der Waals surface area contributed by atoms with E-state index >= 15 is 0 Å². The largest absolute Gasteiger partial charge is 0.311 e. The van der Waals surface area contributed by atoms with Crippen molar-refractivity contribution >= 4 is 74.2 Å². The number of benzene rings is 5. The molecule has 1 heterocycles. The van der Waals surface area contributed by atoms with Gasteiger partial charge in [-0.25, -0.2) is 0 Å². The zero-order valence-corrected chi connectivity index (χ0v) is 21.1. The van der Waals surface area contributed by atoms with Crippen molar-refractivity contribution in [3.05, 3.63) is 125 Å². The van der Waals surface area contributed by atoms with Gasteiger partial charge in [0.1, 0.15) is 0 Å². The molecule has 5 aromatic rings. The van der Waals surface area contributed by atoms with Gasteiger partial charge in [-0.05, 0) is 69.0 Å². The number of halogens is 1. The minimum atomic E-state index is -1.21. The molecule has 0 saturated carbocycles. The van der Waals surface area contributed by atoms with Crippen LogP contribution in [0, 0.1) is 0 Å². The highest BCUT2D eigenvalue weighted by Gasteiger charge is 2.37. The molecule has 0 amide bonds. The number of rotatable bonds is 2. The zero-order valence-electron chi connectivity index (χ0n) is 18.5. The lowest BCUT2D eigenvalue weighted by Gasteiger charge is -2.39. The van der Waals surface area contributed by atoms with E-state index in [1.165, 1.54) is 54.5 Å². The van der Waals surface area contributed by atoms with Crippen molar-refractivity contribution in [3.8, 4) is 0 Å². The highest BCUT2D eigenvalue weighted by atomic mass is 79.9. The molecule has 161 valence electrons. The molecule has 0 atom stereocenters. The summed E-state index contributed by atoms with van der Waals surface area (Å²) in [4.78, 5) is 2.48. The van der Waals surface area contributed by atoms with Crippen LogP contribution in [0.2, 0.25) is 0 Å². The van der Waals surface area contributed by atoms with Gasteiger partial charge < -0.3 is 4.90 Å². The van der Waals surface area contributed by atoms with Crippen molar-refractivity contribution in [2.24, 2.45) is 0 Å². The molecule has 0 bridgehead atoms. The van der Waals surface area contributed by atoms with Crippen LogP contribution in [0.4, 0.5) is 17.1 Å². The van der Waals surface area contributed by atoms with E-state index in [0.717, 1.165) is 10.9 Å². The van der Waals surface area contributed by atoms with Crippen molar-refractivity contribution in [3.63, 3.8) is 0 Å². The summed E-state index contributed by atoms with van der Waals surface area (Å²) in [6.45, 7) is 0. The summed E-state index contributed by atoms with van der Waals surface area (Å²) in [5.74, 6) is 0. The lowest BCUT2D eigenvalue weighted by atomic mass is 9.92. The summed E-state index contributed by atoms with van der Waals surface area (Å²) in [5, 5.41) is 7.16. The molecular formula is C31H21BrNSi. The lowest BCUT2D eigenvalue weighted by molar-refractivity contribution is 1.26. The fraction of sp³-hybridized carbons (Fsp3) is 0.0323. The first kappa shape index (κ1) is 20.0. The van der Waals surface area contributed by atoms with Crippen LogP contribution >= 0.6 is 15.9 Å². The van der Waals surface area contributed by atoms with Crippen LogP contribution in [0.1, 0.15) is 11.1 Å². The number of hydrogen-bond donors (Lipinski definition) is 0. The molecule has 0 spiro atoms. The molecule has 0 N–H and O–H groups in total. The summed E-state index contributed by atoms with van der Waals surface area (Å²) in [6.07, 6.45) is 5.61. The zero-order chi connectivity index (χ0) is 22.6. The Labute approximate surface area is 209 Å². The minimum Gasteiger partial charge on any atom is -0.311 e. The monoisotopic (exact) mass is 514 g/mol. The molecule has 1 aliphatic carbocycles. The first-order valence-corrected chi connectivity index (χ1v) is 13.9. The van der Waals surface area contributed by atoms with Crippen LogP contribution in [-0.4, -0.2) is 8.80 Å². The third kappa shape index (κ3) is 2.97. The van der Waals surface area contributed by atoms with Gasteiger partial charge in [0, 0.05) is 21.5 Å². The molecule has 0 aromatic heterocycles. The Morgan fingerprint density at radius 3 is 2.35 bits per heavy atom. The lowest BCUT2D eigenvalue weighted by Crippen LogP contribution is -2.58. The number of para-hydroxylation sites is 1. The highest BCUT2D eigenvalue weighted by molar-refractivity contribution is 9.10. The smallest absolute Gasteiger partial charge is 0.160 e. The fourth-order valence-corrected chi connectivity index (χ4v) is 8.99. The van der Waals surface area contributed by atoms with E-state index in [1.807, 2.05) is 0 Å². The summed E-state index contributed by atoms with van der Waals surface area (Å²) in [6, 6.07) is 38.0. The Hall–Kier alpha value is -3.40. The van der Waals surface area contributed by atoms with E-state index in [0.29, 0.717) is 0 Å². The number of fused-ring (bicyclic) bond motifs is 3. The first-order chi connectivity index (χ1) is 16.8. The van der Waals surface area contributed by atoms with Crippen molar-refractivity contribution < 1.29 is 0 Å². The van der Waals surface area contributed by atoms with E-state index in [4.69, 9.17) is 0 Å². The van der Waals surface area contributed by atoms with Crippen LogP contribution in [0.5, 0.6) is 0 Å². The van der Waals surface area contributed by atoms with E-state index < -0.39 is 8.80 Å². The molecule has 1 nitrogen and oxygen atoms in total. The second kappa shape index (κ2) is 7.83. The molecule has 34 heavy (non-hydrogen) atoms. The molecule has 1 aliphatic heterocycles. The Kier molecular flexibility index (Phi) is 4.61. The quantitative estimate of drug-likeness (QED) is 0.239. The number of anilines is 3. The van der Waals surface area contributed by atoms with Gasteiger partial charge in [-0.1, -0.05) is 106 Å².